The number of benzene rings is 11. The Kier molecular flexibility index (Phi) is 14.1. The van der Waals surface area contributed by atoms with Crippen molar-refractivity contribution >= 4 is 32.8 Å². The van der Waals surface area contributed by atoms with E-state index in [0.29, 0.717) is 17.1 Å². The molecule has 0 saturated heterocycles. The third-order valence-corrected chi connectivity index (χ3v) is 15.6. The van der Waals surface area contributed by atoms with E-state index in [-0.39, 0.29) is 26.5 Å². The fourth-order valence-corrected chi connectivity index (χ4v) is 11.5. The number of fused-ring (bicyclic) bond motifs is 4. The largest absolute Gasteiger partial charge is 0.510 e. The molecule has 84 heavy (non-hydrogen) atoms. The van der Waals surface area contributed by atoms with Gasteiger partial charge >= 0.3 is 0 Å². The van der Waals surface area contributed by atoms with Gasteiger partial charge in [0.15, 0.2) is 0 Å². The zero-order valence-corrected chi connectivity index (χ0v) is 48.6. The number of pyridine rings is 1. The first-order valence-electron chi connectivity index (χ1n) is 27.9. The molecule has 0 bridgehead atoms. The van der Waals surface area contributed by atoms with E-state index in [0.717, 1.165) is 122 Å². The molecule has 0 spiro atoms. The van der Waals surface area contributed by atoms with Crippen molar-refractivity contribution in [3.05, 3.63) is 297 Å². The molecule has 0 radical (unpaired) electrons. The second-order valence-corrected chi connectivity index (χ2v) is 21.9. The summed E-state index contributed by atoms with van der Waals surface area (Å²) in [5.41, 5.74) is 20.2. The smallest absolute Gasteiger partial charge is 0.268 e. The van der Waals surface area contributed by atoms with Crippen molar-refractivity contribution in [3.8, 4) is 102 Å². The van der Waals surface area contributed by atoms with Gasteiger partial charge in [-0.2, -0.15) is 23.5 Å². The molecule has 0 aliphatic carbocycles. The summed E-state index contributed by atoms with van der Waals surface area (Å²) >= 11 is 0. The van der Waals surface area contributed by atoms with Gasteiger partial charge in [-0.05, 0) is 156 Å². The predicted molar refractivity (Wildman–Crippen MR) is 336 cm³/mol. The molecule has 14 rings (SSSR count). The van der Waals surface area contributed by atoms with Crippen molar-refractivity contribution in [2.45, 2.75) is 26.2 Å². The van der Waals surface area contributed by atoms with E-state index in [4.69, 9.17) is 9.72 Å². The summed E-state index contributed by atoms with van der Waals surface area (Å²) in [7, 11) is 0. The monoisotopic (exact) mass is 1260 g/mol. The molecule has 6 nitrogen and oxygen atoms in total. The molecule has 404 valence electrons. The summed E-state index contributed by atoms with van der Waals surface area (Å²) in [6.07, 6.45) is 5.77. The van der Waals surface area contributed by atoms with Gasteiger partial charge in [0.1, 0.15) is 5.82 Å². The average molecular weight is 1260 g/mol. The van der Waals surface area contributed by atoms with Gasteiger partial charge < -0.3 is 13.9 Å². The normalized spacial score (nSPS) is 11.4. The Morgan fingerprint density at radius 1 is 0.464 bits per heavy atom. The first-order valence-corrected chi connectivity index (χ1v) is 27.9. The standard InChI is InChI=1S/C77H53N5O.Pt/c1-77(2,3)63-38-39-79-75(47-63)82-71-37-34-52(50-78)40-70(71)69-36-35-66(49-74(69)82)83-65-29-18-28-64(48-65)80-51-81(73-33-17-16-32-72(73)80)76-67(61-43-57(53-20-8-4-9-21-53)41-58(44-61)54-22-10-5-11-23-54)30-19-31-68(76)62-45-59(55-24-12-6-13-25-55)42-60(46-62)56-26-14-7-15-27-56;/h4-47H,1-3H3;/q-2;. The Labute approximate surface area is 503 Å². The fourth-order valence-electron chi connectivity index (χ4n) is 11.5. The number of hydrogen-bond donors (Lipinski definition) is 0. The molecule has 0 N–H and O–H groups in total. The minimum atomic E-state index is -0.0984. The summed E-state index contributed by atoms with van der Waals surface area (Å²) in [6, 6.07) is 101. The van der Waals surface area contributed by atoms with Crippen LogP contribution in [0.2, 0.25) is 0 Å². The number of para-hydroxylation sites is 3. The van der Waals surface area contributed by atoms with Crippen LogP contribution in [0.1, 0.15) is 31.9 Å². The first kappa shape index (κ1) is 53.1. The Morgan fingerprint density at radius 2 is 0.988 bits per heavy atom. The molecular weight excluding hydrogens is 1210 g/mol. The summed E-state index contributed by atoms with van der Waals surface area (Å²) < 4.78 is 13.2. The van der Waals surface area contributed by atoms with E-state index in [1.54, 1.807) is 0 Å². The average Bonchev–Trinajstić information content (AvgIpc) is 2.56. The Balaban J connectivity index is 0.00000658. The molecular formula is C77H53N5OPt-2. The molecule has 0 unspecified atom stereocenters. The van der Waals surface area contributed by atoms with Crippen LogP contribution in [-0.4, -0.2) is 14.1 Å². The van der Waals surface area contributed by atoms with Gasteiger partial charge in [0.2, 0.25) is 0 Å². The van der Waals surface area contributed by atoms with Crippen molar-refractivity contribution in [2.75, 3.05) is 0 Å². The van der Waals surface area contributed by atoms with Gasteiger partial charge in [-0.1, -0.05) is 190 Å². The fraction of sp³-hybridized carbons (Fsp3) is 0.0519. The van der Waals surface area contributed by atoms with Crippen LogP contribution in [0.3, 0.4) is 0 Å². The van der Waals surface area contributed by atoms with E-state index < -0.39 is 0 Å². The zero-order valence-electron chi connectivity index (χ0n) is 46.4. The number of imidazole rings is 1. The predicted octanol–water partition coefficient (Wildman–Crippen LogP) is 18.8. The van der Waals surface area contributed by atoms with Crippen molar-refractivity contribution in [3.63, 3.8) is 0 Å². The molecule has 7 heteroatoms. The van der Waals surface area contributed by atoms with E-state index in [1.165, 1.54) is 0 Å². The third-order valence-electron chi connectivity index (χ3n) is 15.6. The topological polar surface area (TPSA) is 59.6 Å². The van der Waals surface area contributed by atoms with E-state index in [9.17, 15) is 5.26 Å². The second-order valence-electron chi connectivity index (χ2n) is 21.9. The van der Waals surface area contributed by atoms with Crippen LogP contribution in [0.5, 0.6) is 11.5 Å². The van der Waals surface area contributed by atoms with Crippen LogP contribution >= 0.6 is 0 Å². The van der Waals surface area contributed by atoms with Crippen LogP contribution in [0.15, 0.2) is 267 Å². The maximum atomic E-state index is 9.94. The quantitative estimate of drug-likeness (QED) is 0.0958. The first-order chi connectivity index (χ1) is 40.7. The summed E-state index contributed by atoms with van der Waals surface area (Å²) in [6.45, 7) is 6.60. The Hall–Kier alpha value is -10.2. The SMILES string of the molecule is CC(C)(C)c1ccnc(-n2c3[c-]c(Oc4[c-]c(-n5[c-][n+](-c6c(-c7cc(-c8ccccc8)cc(-c8ccccc8)c7)cccc6-c6cc(-c7ccccc7)cc(-c7ccccc7)c6)c6ccccc65)ccc4)ccc3c3cc(C#N)ccc32)c1.[Pt]. The number of rotatable bonds is 11. The van der Waals surface area contributed by atoms with Gasteiger partial charge in [0, 0.05) is 44.3 Å². The zero-order chi connectivity index (χ0) is 56.0. The van der Waals surface area contributed by atoms with E-state index in [1.807, 2.05) is 54.7 Å². The van der Waals surface area contributed by atoms with Gasteiger partial charge in [-0.3, -0.25) is 4.57 Å². The molecule has 3 aromatic heterocycles. The second kappa shape index (κ2) is 22.3. The summed E-state index contributed by atoms with van der Waals surface area (Å²) in [5, 5.41) is 11.8. The van der Waals surface area contributed by atoms with E-state index in [2.05, 4.69) is 271 Å². The van der Waals surface area contributed by atoms with Crippen LogP contribution in [0.4, 0.5) is 0 Å². The molecule has 0 atom stereocenters. The van der Waals surface area contributed by atoms with Crippen LogP contribution in [0, 0.1) is 29.8 Å². The molecule has 0 fully saturated rings. The summed E-state index contributed by atoms with van der Waals surface area (Å²) in [5.74, 6) is 1.78. The number of ether oxygens (including phenoxy) is 1. The van der Waals surface area contributed by atoms with E-state index >= 15 is 0 Å². The number of nitrogens with zero attached hydrogens (tertiary/aromatic N) is 5. The van der Waals surface area contributed by atoms with Crippen LogP contribution in [-0.2, 0) is 26.5 Å². The maximum Gasteiger partial charge on any atom is 0.268 e. The Morgan fingerprint density at radius 3 is 1.55 bits per heavy atom. The van der Waals surface area contributed by atoms with Crippen LogP contribution in [0.25, 0.3) is 117 Å². The van der Waals surface area contributed by atoms with Crippen LogP contribution < -0.4 is 9.30 Å². The maximum absolute atomic E-state index is 9.94. The molecule has 3 heterocycles. The summed E-state index contributed by atoms with van der Waals surface area (Å²) in [4.78, 5) is 4.88. The number of aromatic nitrogens is 4. The molecule has 0 aliphatic rings. The minimum Gasteiger partial charge on any atom is -0.510 e. The van der Waals surface area contributed by atoms with Gasteiger partial charge in [0.25, 0.3) is 6.33 Å². The molecule has 14 aromatic rings. The number of nitriles is 1. The molecule has 0 amide bonds. The van der Waals surface area contributed by atoms with Gasteiger partial charge in [-0.25, -0.2) is 4.98 Å². The van der Waals surface area contributed by atoms with Crippen molar-refractivity contribution in [2.24, 2.45) is 0 Å². The molecule has 11 aromatic carbocycles. The van der Waals surface area contributed by atoms with Gasteiger partial charge in [0.05, 0.1) is 28.4 Å². The molecule has 0 saturated carbocycles. The minimum absolute atomic E-state index is 0. The van der Waals surface area contributed by atoms with Crippen molar-refractivity contribution in [1.82, 2.24) is 14.1 Å². The van der Waals surface area contributed by atoms with Gasteiger partial charge in [-0.15, -0.1) is 29.7 Å². The third kappa shape index (κ3) is 10.1. The molecule has 0 aliphatic heterocycles. The number of hydrogen-bond acceptors (Lipinski definition) is 3. The Bertz CT molecular complexity index is 4540. The van der Waals surface area contributed by atoms with Crippen molar-refractivity contribution < 1.29 is 30.4 Å². The van der Waals surface area contributed by atoms with Crippen molar-refractivity contribution in [1.29, 1.82) is 5.26 Å².